The first kappa shape index (κ1) is 12.5. The van der Waals surface area contributed by atoms with Crippen molar-refractivity contribution in [1.29, 1.82) is 0 Å². The number of imidazole rings is 1. The maximum absolute atomic E-state index is 6.03. The zero-order valence-electron chi connectivity index (χ0n) is 11.5. The Morgan fingerprint density at radius 3 is 2.90 bits per heavy atom. The van der Waals surface area contributed by atoms with Crippen LogP contribution in [-0.2, 0) is 6.54 Å². The third-order valence-corrected chi connectivity index (χ3v) is 3.28. The Kier molecular flexibility index (Phi) is 3.02. The zero-order chi connectivity index (χ0) is 14.1. The van der Waals surface area contributed by atoms with Crippen molar-refractivity contribution in [2.24, 2.45) is 0 Å². The SMILES string of the molecule is COc1cc(Cn2c(N)nc3ccc(C)cc32)ccn1. The molecule has 0 aliphatic rings. The maximum atomic E-state index is 6.03. The van der Waals surface area contributed by atoms with Gasteiger partial charge in [0.15, 0.2) is 0 Å². The number of hydrogen-bond donors (Lipinski definition) is 1. The average Bonchev–Trinajstić information content (AvgIpc) is 2.75. The molecule has 0 bridgehead atoms. The van der Waals surface area contributed by atoms with Crippen molar-refractivity contribution in [2.75, 3.05) is 12.8 Å². The third-order valence-electron chi connectivity index (χ3n) is 3.28. The number of nitrogens with two attached hydrogens (primary N) is 1. The summed E-state index contributed by atoms with van der Waals surface area (Å²) < 4.78 is 7.14. The van der Waals surface area contributed by atoms with Crippen molar-refractivity contribution < 1.29 is 4.74 Å². The second-order valence-electron chi connectivity index (χ2n) is 4.75. The molecule has 0 atom stereocenters. The van der Waals surface area contributed by atoms with Gasteiger partial charge in [-0.1, -0.05) is 6.07 Å². The Labute approximate surface area is 117 Å². The van der Waals surface area contributed by atoms with Crippen LogP contribution < -0.4 is 10.5 Å². The Balaban J connectivity index is 2.05. The lowest BCUT2D eigenvalue weighted by Crippen LogP contribution is -2.05. The number of methoxy groups -OCH3 is 1. The molecule has 1 aromatic carbocycles. The van der Waals surface area contributed by atoms with Gasteiger partial charge in [0.2, 0.25) is 11.8 Å². The van der Waals surface area contributed by atoms with Crippen molar-refractivity contribution in [3.63, 3.8) is 0 Å². The fraction of sp³-hybridized carbons (Fsp3) is 0.200. The van der Waals surface area contributed by atoms with Crippen LogP contribution in [0.4, 0.5) is 5.95 Å². The van der Waals surface area contributed by atoms with Gasteiger partial charge in [0.25, 0.3) is 0 Å². The molecule has 3 aromatic rings. The lowest BCUT2D eigenvalue weighted by Gasteiger charge is -2.08. The number of nitrogen functional groups attached to an aromatic ring is 1. The average molecular weight is 268 g/mol. The van der Waals surface area contributed by atoms with Crippen molar-refractivity contribution >= 4 is 17.0 Å². The highest BCUT2D eigenvalue weighted by Gasteiger charge is 2.09. The summed E-state index contributed by atoms with van der Waals surface area (Å²) in [4.78, 5) is 8.49. The highest BCUT2D eigenvalue weighted by atomic mass is 16.5. The van der Waals surface area contributed by atoms with Crippen LogP contribution in [0.3, 0.4) is 0 Å². The minimum atomic E-state index is 0.515. The number of pyridine rings is 1. The van der Waals surface area contributed by atoms with Gasteiger partial charge in [-0.3, -0.25) is 0 Å². The van der Waals surface area contributed by atoms with E-state index in [1.165, 1.54) is 5.56 Å². The topological polar surface area (TPSA) is 66.0 Å². The molecule has 0 amide bonds. The van der Waals surface area contributed by atoms with Crippen LogP contribution in [0.1, 0.15) is 11.1 Å². The van der Waals surface area contributed by atoms with Gasteiger partial charge in [0.1, 0.15) is 0 Å². The predicted molar refractivity (Wildman–Crippen MR) is 78.8 cm³/mol. The summed E-state index contributed by atoms with van der Waals surface area (Å²) >= 11 is 0. The normalized spacial score (nSPS) is 10.9. The highest BCUT2D eigenvalue weighted by molar-refractivity contribution is 5.79. The van der Waals surface area contributed by atoms with Crippen LogP contribution in [0.2, 0.25) is 0 Å². The largest absolute Gasteiger partial charge is 0.481 e. The van der Waals surface area contributed by atoms with E-state index in [1.807, 2.05) is 28.8 Å². The lowest BCUT2D eigenvalue weighted by atomic mass is 10.2. The van der Waals surface area contributed by atoms with Crippen molar-refractivity contribution in [3.8, 4) is 5.88 Å². The molecule has 0 saturated heterocycles. The number of aryl methyl sites for hydroxylation is 1. The second kappa shape index (κ2) is 4.85. The van der Waals surface area contributed by atoms with E-state index >= 15 is 0 Å². The van der Waals surface area contributed by atoms with Crippen LogP contribution in [0, 0.1) is 6.92 Å². The van der Waals surface area contributed by atoms with Crippen molar-refractivity contribution in [1.82, 2.24) is 14.5 Å². The first-order valence-corrected chi connectivity index (χ1v) is 6.38. The number of anilines is 1. The molecule has 5 heteroatoms. The molecule has 0 radical (unpaired) electrons. The van der Waals surface area contributed by atoms with Crippen LogP contribution in [0.15, 0.2) is 36.5 Å². The van der Waals surface area contributed by atoms with Gasteiger partial charge in [0, 0.05) is 12.3 Å². The van der Waals surface area contributed by atoms with E-state index in [0.717, 1.165) is 16.6 Å². The molecule has 0 aliphatic carbocycles. The fourth-order valence-electron chi connectivity index (χ4n) is 2.26. The van der Waals surface area contributed by atoms with Gasteiger partial charge in [-0.15, -0.1) is 0 Å². The first-order chi connectivity index (χ1) is 9.67. The Hall–Kier alpha value is -2.56. The minimum Gasteiger partial charge on any atom is -0.481 e. The molecule has 2 aromatic heterocycles. The summed E-state index contributed by atoms with van der Waals surface area (Å²) in [7, 11) is 1.61. The molecule has 3 rings (SSSR count). The Bertz CT molecular complexity index is 764. The fourth-order valence-corrected chi connectivity index (χ4v) is 2.26. The van der Waals surface area contributed by atoms with Crippen LogP contribution >= 0.6 is 0 Å². The number of hydrogen-bond acceptors (Lipinski definition) is 4. The van der Waals surface area contributed by atoms with E-state index in [1.54, 1.807) is 13.3 Å². The van der Waals surface area contributed by atoms with Gasteiger partial charge < -0.3 is 15.0 Å². The van der Waals surface area contributed by atoms with E-state index in [2.05, 4.69) is 23.0 Å². The third kappa shape index (κ3) is 2.18. The minimum absolute atomic E-state index is 0.515. The predicted octanol–water partition coefficient (Wildman–Crippen LogP) is 2.38. The van der Waals surface area contributed by atoms with Crippen molar-refractivity contribution in [2.45, 2.75) is 13.5 Å². The van der Waals surface area contributed by atoms with Gasteiger partial charge in [-0.05, 0) is 36.2 Å². The highest BCUT2D eigenvalue weighted by Crippen LogP contribution is 2.21. The maximum Gasteiger partial charge on any atom is 0.213 e. The number of aromatic nitrogens is 3. The van der Waals surface area contributed by atoms with Crippen LogP contribution in [0.5, 0.6) is 5.88 Å². The summed E-state index contributed by atoms with van der Waals surface area (Å²) in [5.41, 5.74) is 10.2. The van der Waals surface area contributed by atoms with E-state index in [0.29, 0.717) is 18.4 Å². The zero-order valence-corrected chi connectivity index (χ0v) is 11.5. The lowest BCUT2D eigenvalue weighted by molar-refractivity contribution is 0.397. The second-order valence-corrected chi connectivity index (χ2v) is 4.75. The summed E-state index contributed by atoms with van der Waals surface area (Å²) in [6.45, 7) is 2.70. The van der Waals surface area contributed by atoms with E-state index < -0.39 is 0 Å². The number of ether oxygens (including phenoxy) is 1. The van der Waals surface area contributed by atoms with Gasteiger partial charge in [0.05, 0.1) is 24.7 Å². The van der Waals surface area contributed by atoms with E-state index in [-0.39, 0.29) is 0 Å². The first-order valence-electron chi connectivity index (χ1n) is 6.38. The monoisotopic (exact) mass is 268 g/mol. The molecular formula is C15H16N4O. The van der Waals surface area contributed by atoms with Crippen molar-refractivity contribution in [3.05, 3.63) is 47.7 Å². The number of fused-ring (bicyclic) bond motifs is 1. The van der Waals surface area contributed by atoms with Crippen LogP contribution in [0.25, 0.3) is 11.0 Å². The number of nitrogens with zero attached hydrogens (tertiary/aromatic N) is 3. The molecule has 0 fully saturated rings. The number of benzene rings is 1. The number of rotatable bonds is 3. The summed E-state index contributed by atoms with van der Waals surface area (Å²) in [5, 5.41) is 0. The molecule has 0 aliphatic heterocycles. The van der Waals surface area contributed by atoms with Crippen LogP contribution in [-0.4, -0.2) is 21.6 Å². The molecular weight excluding hydrogens is 252 g/mol. The molecule has 0 saturated carbocycles. The Morgan fingerprint density at radius 1 is 1.25 bits per heavy atom. The summed E-state index contributed by atoms with van der Waals surface area (Å²) in [6.07, 6.45) is 1.73. The summed E-state index contributed by atoms with van der Waals surface area (Å²) in [5.74, 6) is 1.11. The van der Waals surface area contributed by atoms with Gasteiger partial charge in [-0.25, -0.2) is 9.97 Å². The Morgan fingerprint density at radius 2 is 2.10 bits per heavy atom. The standard InChI is InChI=1S/C15H16N4O/c1-10-3-4-12-13(7-10)19(15(16)18-12)9-11-5-6-17-14(8-11)20-2/h3-8H,9H2,1-2H3,(H2,16,18). The quantitative estimate of drug-likeness (QED) is 0.792. The van der Waals surface area contributed by atoms with Gasteiger partial charge >= 0.3 is 0 Å². The molecule has 2 N–H and O–H groups in total. The molecule has 0 spiro atoms. The summed E-state index contributed by atoms with van der Waals surface area (Å²) in [6, 6.07) is 9.97. The molecule has 0 unspecified atom stereocenters. The smallest absolute Gasteiger partial charge is 0.213 e. The molecule has 2 heterocycles. The van der Waals surface area contributed by atoms with E-state index in [9.17, 15) is 0 Å². The van der Waals surface area contributed by atoms with E-state index in [4.69, 9.17) is 10.5 Å². The molecule has 20 heavy (non-hydrogen) atoms. The molecule has 102 valence electrons. The molecule has 5 nitrogen and oxygen atoms in total. The van der Waals surface area contributed by atoms with Gasteiger partial charge in [-0.2, -0.15) is 0 Å².